The topological polar surface area (TPSA) is 75.6 Å². The first-order valence-corrected chi connectivity index (χ1v) is 11.5. The van der Waals surface area contributed by atoms with Gasteiger partial charge >= 0.3 is 12.1 Å². The van der Waals surface area contributed by atoms with Crippen molar-refractivity contribution >= 4 is 34.2 Å². The van der Waals surface area contributed by atoms with Crippen molar-refractivity contribution in [1.82, 2.24) is 5.32 Å². The summed E-state index contributed by atoms with van der Waals surface area (Å²) >= 11 is 6.43. The summed E-state index contributed by atoms with van der Waals surface area (Å²) in [5.41, 5.74) is -1.33. The van der Waals surface area contributed by atoms with Gasteiger partial charge in [0.2, 0.25) is 0 Å². The minimum absolute atomic E-state index is 0.0847. The van der Waals surface area contributed by atoms with Crippen LogP contribution in [0.4, 0.5) is 13.2 Å². The largest absolute Gasteiger partial charge is 0.492 e. The Morgan fingerprint density at radius 1 is 1.03 bits per heavy atom. The summed E-state index contributed by atoms with van der Waals surface area (Å²) in [6.45, 7) is 0.0847. The molecule has 0 unspecified atom stereocenters. The smallest absolute Gasteiger partial charge is 0.416 e. The Balaban J connectivity index is 1.61. The number of aliphatic carboxylic acids is 1. The van der Waals surface area contributed by atoms with E-state index in [1.165, 1.54) is 18.2 Å². The molecule has 0 heterocycles. The number of nitrogens with one attached hydrogen (secondary N) is 1. The van der Waals surface area contributed by atoms with E-state index in [9.17, 15) is 27.9 Å². The molecule has 0 spiro atoms. The summed E-state index contributed by atoms with van der Waals surface area (Å²) in [6.07, 6.45) is -2.05. The van der Waals surface area contributed by atoms with Crippen LogP contribution in [-0.2, 0) is 17.4 Å². The fourth-order valence-electron chi connectivity index (χ4n) is 4.42. The molecule has 1 fully saturated rings. The molecule has 4 rings (SSSR count). The Hall–Kier alpha value is -3.26. The molecule has 2 N–H and O–H groups in total. The van der Waals surface area contributed by atoms with E-state index in [-0.39, 0.29) is 17.9 Å². The zero-order valence-electron chi connectivity index (χ0n) is 18.6. The number of hydrogen-bond acceptors (Lipinski definition) is 3. The summed E-state index contributed by atoms with van der Waals surface area (Å²) in [4.78, 5) is 25.2. The van der Waals surface area contributed by atoms with Gasteiger partial charge in [-0.25, -0.2) is 4.79 Å². The summed E-state index contributed by atoms with van der Waals surface area (Å²) in [6, 6.07) is 13.3. The number of amides is 1. The van der Waals surface area contributed by atoms with E-state index in [0.717, 1.165) is 12.1 Å². The van der Waals surface area contributed by atoms with Crippen LogP contribution in [0.3, 0.4) is 0 Å². The highest BCUT2D eigenvalue weighted by Crippen LogP contribution is 2.37. The van der Waals surface area contributed by atoms with Gasteiger partial charge in [0.05, 0.1) is 17.7 Å². The monoisotopic (exact) mass is 505 g/mol. The van der Waals surface area contributed by atoms with Gasteiger partial charge in [0.1, 0.15) is 11.3 Å². The van der Waals surface area contributed by atoms with Gasteiger partial charge in [0.25, 0.3) is 5.91 Å². The summed E-state index contributed by atoms with van der Waals surface area (Å²) in [5.74, 6) is -1.44. The number of carbonyl (C=O) groups excluding carboxylic acids is 1. The summed E-state index contributed by atoms with van der Waals surface area (Å²) in [7, 11) is 0. The lowest BCUT2D eigenvalue weighted by atomic mass is 9.96. The van der Waals surface area contributed by atoms with Gasteiger partial charge in [0.15, 0.2) is 0 Å². The fraction of sp³-hybridized carbons (Fsp3) is 0.308. The SMILES string of the molecule is O=C(NC1(C(=O)O)CCCC1)c1cc(Cl)c2ccccc2c1OCCc1ccc(C(F)(F)F)cc1. The van der Waals surface area contributed by atoms with Crippen molar-refractivity contribution in [2.24, 2.45) is 0 Å². The molecule has 0 aliphatic heterocycles. The lowest BCUT2D eigenvalue weighted by molar-refractivity contribution is -0.144. The minimum Gasteiger partial charge on any atom is -0.492 e. The number of fused-ring (bicyclic) bond motifs is 1. The van der Waals surface area contributed by atoms with Gasteiger partial charge in [-0.15, -0.1) is 0 Å². The predicted molar refractivity (Wildman–Crippen MR) is 126 cm³/mol. The van der Waals surface area contributed by atoms with Gasteiger partial charge in [-0.05, 0) is 36.6 Å². The number of halogens is 4. The van der Waals surface area contributed by atoms with Crippen LogP contribution in [0.25, 0.3) is 10.8 Å². The first-order chi connectivity index (χ1) is 16.6. The van der Waals surface area contributed by atoms with E-state index in [1.807, 2.05) is 0 Å². The van der Waals surface area contributed by atoms with Crippen LogP contribution in [0.5, 0.6) is 5.75 Å². The van der Waals surface area contributed by atoms with Crippen LogP contribution < -0.4 is 10.1 Å². The lowest BCUT2D eigenvalue weighted by Gasteiger charge is -2.26. The zero-order chi connectivity index (χ0) is 25.2. The Labute approximate surface area is 204 Å². The third-order valence-corrected chi connectivity index (χ3v) is 6.64. The number of benzene rings is 3. The molecule has 35 heavy (non-hydrogen) atoms. The van der Waals surface area contributed by atoms with Crippen molar-refractivity contribution in [1.29, 1.82) is 0 Å². The number of carboxylic acids is 1. The van der Waals surface area contributed by atoms with E-state index in [4.69, 9.17) is 16.3 Å². The molecule has 0 radical (unpaired) electrons. The second-order valence-corrected chi connectivity index (χ2v) is 9.03. The van der Waals surface area contributed by atoms with Gasteiger partial charge in [-0.1, -0.05) is 60.8 Å². The first kappa shape index (κ1) is 24.9. The van der Waals surface area contributed by atoms with Crippen LogP contribution >= 0.6 is 11.6 Å². The molecule has 1 aliphatic rings. The summed E-state index contributed by atoms with van der Waals surface area (Å²) in [5, 5.41) is 14.0. The zero-order valence-corrected chi connectivity index (χ0v) is 19.4. The van der Waals surface area contributed by atoms with Crippen LogP contribution in [-0.4, -0.2) is 29.1 Å². The fourth-order valence-corrected chi connectivity index (χ4v) is 4.69. The number of alkyl halides is 3. The van der Waals surface area contributed by atoms with Gasteiger partial charge in [0, 0.05) is 22.2 Å². The highest BCUT2D eigenvalue weighted by molar-refractivity contribution is 6.36. The standard InChI is InChI=1S/C26H23ClF3NO4/c27-21-15-20(23(32)31-25(24(33)34)12-3-4-13-25)22(19-6-2-1-5-18(19)21)35-14-11-16-7-9-17(10-8-16)26(28,29)30/h1-2,5-10,15H,3-4,11-14H2,(H,31,32)(H,33,34). The number of hydrogen-bond donors (Lipinski definition) is 2. The molecule has 0 aromatic heterocycles. The quantitative estimate of drug-likeness (QED) is 0.397. The van der Waals surface area contributed by atoms with Crippen LogP contribution in [0.1, 0.15) is 47.2 Å². The Bertz CT molecular complexity index is 1250. The highest BCUT2D eigenvalue weighted by atomic mass is 35.5. The number of carboxylic acid groups (broad SMARTS) is 1. The van der Waals surface area contributed by atoms with Crippen LogP contribution in [0.15, 0.2) is 54.6 Å². The summed E-state index contributed by atoms with van der Waals surface area (Å²) < 4.78 is 44.4. The Morgan fingerprint density at radius 2 is 1.66 bits per heavy atom. The van der Waals surface area contributed by atoms with Crippen molar-refractivity contribution in [2.45, 2.75) is 43.8 Å². The van der Waals surface area contributed by atoms with Crippen molar-refractivity contribution in [3.63, 3.8) is 0 Å². The maximum Gasteiger partial charge on any atom is 0.416 e. The van der Waals surface area contributed by atoms with Gasteiger partial charge < -0.3 is 15.2 Å². The van der Waals surface area contributed by atoms with Gasteiger partial charge in [-0.2, -0.15) is 13.2 Å². The molecular weight excluding hydrogens is 483 g/mol. The molecule has 0 saturated heterocycles. The minimum atomic E-state index is -4.41. The number of carbonyl (C=O) groups is 2. The lowest BCUT2D eigenvalue weighted by Crippen LogP contribution is -2.52. The Kier molecular flexibility index (Phi) is 6.94. The van der Waals surface area contributed by atoms with E-state index >= 15 is 0 Å². The van der Waals surface area contributed by atoms with E-state index in [1.54, 1.807) is 24.3 Å². The van der Waals surface area contributed by atoms with Crippen molar-refractivity contribution in [3.05, 3.63) is 76.3 Å². The molecule has 1 aliphatic carbocycles. The average molecular weight is 506 g/mol. The molecule has 184 valence electrons. The van der Waals surface area contributed by atoms with E-state index in [0.29, 0.717) is 53.5 Å². The molecule has 0 bridgehead atoms. The molecule has 0 atom stereocenters. The molecular formula is C26H23ClF3NO4. The van der Waals surface area contributed by atoms with Crippen LogP contribution in [0.2, 0.25) is 5.02 Å². The molecule has 9 heteroatoms. The van der Waals surface area contributed by atoms with Crippen LogP contribution in [0, 0.1) is 0 Å². The van der Waals surface area contributed by atoms with Crippen molar-refractivity contribution in [2.75, 3.05) is 6.61 Å². The number of ether oxygens (including phenoxy) is 1. The molecule has 3 aromatic rings. The average Bonchev–Trinajstić information content (AvgIpc) is 3.30. The molecule has 1 saturated carbocycles. The third kappa shape index (κ3) is 5.22. The second kappa shape index (κ2) is 9.77. The van der Waals surface area contributed by atoms with Crippen molar-refractivity contribution in [3.8, 4) is 5.75 Å². The molecule has 5 nitrogen and oxygen atoms in total. The number of rotatable bonds is 7. The second-order valence-electron chi connectivity index (χ2n) is 8.62. The van der Waals surface area contributed by atoms with E-state index in [2.05, 4.69) is 5.32 Å². The maximum absolute atomic E-state index is 13.3. The third-order valence-electron chi connectivity index (χ3n) is 6.33. The Morgan fingerprint density at radius 3 is 2.26 bits per heavy atom. The highest BCUT2D eigenvalue weighted by Gasteiger charge is 2.43. The molecule has 3 aromatic carbocycles. The van der Waals surface area contributed by atoms with Gasteiger partial charge in [-0.3, -0.25) is 4.79 Å². The maximum atomic E-state index is 13.3. The van der Waals surface area contributed by atoms with E-state index < -0.39 is 29.2 Å². The first-order valence-electron chi connectivity index (χ1n) is 11.2. The normalized spacial score (nSPS) is 15.2. The predicted octanol–water partition coefficient (Wildman–Crippen LogP) is 6.26. The van der Waals surface area contributed by atoms with Crippen molar-refractivity contribution < 1.29 is 32.6 Å². The molecule has 1 amide bonds.